The van der Waals surface area contributed by atoms with Crippen molar-refractivity contribution < 1.29 is 0 Å². The van der Waals surface area contributed by atoms with E-state index < -0.39 is 0 Å². The molecule has 7 heteroatoms. The Balaban J connectivity index is 1.83. The van der Waals surface area contributed by atoms with Gasteiger partial charge in [0.1, 0.15) is 0 Å². The van der Waals surface area contributed by atoms with Crippen LogP contribution in [0.2, 0.25) is 0 Å². The van der Waals surface area contributed by atoms with E-state index in [9.17, 15) is 0 Å². The Kier molecular flexibility index (Phi) is 7.41. The van der Waals surface area contributed by atoms with E-state index in [0.29, 0.717) is 10.6 Å². The fourth-order valence-electron chi connectivity index (χ4n) is 3.48. The molecule has 3 aromatic rings. The number of nitrogens with one attached hydrogen (secondary N) is 1. The number of rotatable bonds is 9. The van der Waals surface area contributed by atoms with Crippen LogP contribution in [-0.2, 0) is 0 Å². The summed E-state index contributed by atoms with van der Waals surface area (Å²) in [6.07, 6.45) is 1.81. The molecule has 1 heterocycles. The van der Waals surface area contributed by atoms with E-state index in [0.717, 1.165) is 37.3 Å². The summed E-state index contributed by atoms with van der Waals surface area (Å²) in [5.74, 6) is 0.696. The molecule has 0 aliphatic rings. The minimum Gasteiger partial charge on any atom is -0.372 e. The van der Waals surface area contributed by atoms with Crippen LogP contribution in [0.15, 0.2) is 53.6 Å². The first kappa shape index (κ1) is 21.8. The first-order valence-corrected chi connectivity index (χ1v) is 10.9. The normalized spacial score (nSPS) is 11.2. The molecule has 1 N–H and O–H groups in total. The highest BCUT2D eigenvalue weighted by molar-refractivity contribution is 7.71. The summed E-state index contributed by atoms with van der Waals surface area (Å²) in [4.78, 5) is 4.62. The molecule has 0 unspecified atom stereocenters. The molecule has 2 aromatic carbocycles. The summed E-state index contributed by atoms with van der Waals surface area (Å²) >= 11 is 5.40. The topological polar surface area (TPSA) is 52.5 Å². The second-order valence-corrected chi connectivity index (χ2v) is 7.28. The molecule has 0 bridgehead atoms. The predicted octanol–water partition coefficient (Wildman–Crippen LogP) is 5.18. The summed E-state index contributed by atoms with van der Waals surface area (Å²) in [5.41, 5.74) is 4.39. The molecule has 0 fully saturated rings. The zero-order valence-corrected chi connectivity index (χ0v) is 19.0. The largest absolute Gasteiger partial charge is 0.372 e. The molecule has 0 radical (unpaired) electrons. The van der Waals surface area contributed by atoms with Crippen molar-refractivity contribution in [2.24, 2.45) is 5.10 Å². The standard InChI is InChI=1S/C23H30N6S/c1-5-27(6-2)20-13-9-18(10-14-20)17-24-29-22(25-26-23(29)30)19-11-15-21(16-12-19)28(7-3)8-4/h9-17H,5-8H2,1-4H3,(H,26,30). The third-order valence-electron chi connectivity index (χ3n) is 5.25. The Morgan fingerprint density at radius 3 is 1.87 bits per heavy atom. The monoisotopic (exact) mass is 422 g/mol. The van der Waals surface area contributed by atoms with E-state index in [-0.39, 0.29) is 0 Å². The highest BCUT2D eigenvalue weighted by Crippen LogP contribution is 2.22. The zero-order valence-electron chi connectivity index (χ0n) is 18.2. The molecule has 158 valence electrons. The molecular formula is C23H30N6S. The fourth-order valence-corrected chi connectivity index (χ4v) is 3.66. The Labute approximate surface area is 183 Å². The van der Waals surface area contributed by atoms with Gasteiger partial charge >= 0.3 is 0 Å². The summed E-state index contributed by atoms with van der Waals surface area (Å²) in [5, 5.41) is 11.8. The van der Waals surface area contributed by atoms with Crippen molar-refractivity contribution >= 4 is 29.8 Å². The van der Waals surface area contributed by atoms with Gasteiger partial charge < -0.3 is 9.80 Å². The van der Waals surface area contributed by atoms with Crippen molar-refractivity contribution in [3.05, 3.63) is 58.9 Å². The minimum absolute atomic E-state index is 0.467. The van der Waals surface area contributed by atoms with Crippen LogP contribution in [0, 0.1) is 4.77 Å². The van der Waals surface area contributed by atoms with E-state index in [4.69, 9.17) is 12.2 Å². The molecule has 30 heavy (non-hydrogen) atoms. The summed E-state index contributed by atoms with van der Waals surface area (Å²) < 4.78 is 2.13. The van der Waals surface area contributed by atoms with Crippen LogP contribution in [0.5, 0.6) is 0 Å². The number of aromatic amines is 1. The maximum atomic E-state index is 5.40. The molecule has 0 aliphatic carbocycles. The van der Waals surface area contributed by atoms with Gasteiger partial charge in [-0.05, 0) is 81.9 Å². The number of nitrogens with zero attached hydrogens (tertiary/aromatic N) is 5. The van der Waals surface area contributed by atoms with Crippen molar-refractivity contribution in [3.63, 3.8) is 0 Å². The van der Waals surface area contributed by atoms with Gasteiger partial charge in [-0.15, -0.1) is 0 Å². The van der Waals surface area contributed by atoms with Gasteiger partial charge in [-0.1, -0.05) is 12.1 Å². The molecule has 0 atom stereocenters. The smallest absolute Gasteiger partial charge is 0.216 e. The van der Waals surface area contributed by atoms with Crippen molar-refractivity contribution in [3.8, 4) is 11.4 Å². The molecule has 0 spiro atoms. The molecule has 0 saturated heterocycles. The number of aromatic nitrogens is 3. The second kappa shape index (κ2) is 10.2. The van der Waals surface area contributed by atoms with Crippen molar-refractivity contribution in [2.75, 3.05) is 36.0 Å². The van der Waals surface area contributed by atoms with Crippen LogP contribution in [0.25, 0.3) is 11.4 Å². The zero-order chi connectivity index (χ0) is 21.5. The van der Waals surface area contributed by atoms with E-state index >= 15 is 0 Å². The average molecular weight is 423 g/mol. The third-order valence-corrected chi connectivity index (χ3v) is 5.51. The summed E-state index contributed by atoms with van der Waals surface area (Å²) in [6.45, 7) is 12.6. The van der Waals surface area contributed by atoms with Crippen LogP contribution < -0.4 is 9.80 Å². The van der Waals surface area contributed by atoms with Gasteiger partial charge in [0.2, 0.25) is 4.77 Å². The van der Waals surface area contributed by atoms with Gasteiger partial charge in [0, 0.05) is 43.1 Å². The van der Waals surface area contributed by atoms with E-state index in [1.807, 2.05) is 6.21 Å². The lowest BCUT2D eigenvalue weighted by Gasteiger charge is -2.21. The third kappa shape index (κ3) is 4.79. The van der Waals surface area contributed by atoms with Crippen LogP contribution in [-0.4, -0.2) is 47.3 Å². The maximum Gasteiger partial charge on any atom is 0.216 e. The van der Waals surface area contributed by atoms with E-state index in [1.54, 1.807) is 4.68 Å². The number of anilines is 2. The quantitative estimate of drug-likeness (QED) is 0.381. The van der Waals surface area contributed by atoms with Crippen LogP contribution >= 0.6 is 12.2 Å². The summed E-state index contributed by atoms with van der Waals surface area (Å²) in [6, 6.07) is 16.7. The molecule has 0 aliphatic heterocycles. The van der Waals surface area contributed by atoms with Gasteiger partial charge in [0.05, 0.1) is 6.21 Å². The fraction of sp³-hybridized carbons (Fsp3) is 0.348. The lowest BCUT2D eigenvalue weighted by atomic mass is 10.2. The van der Waals surface area contributed by atoms with Gasteiger partial charge in [-0.25, -0.2) is 5.10 Å². The number of benzene rings is 2. The molecule has 0 saturated carbocycles. The van der Waals surface area contributed by atoms with Gasteiger partial charge in [-0.2, -0.15) is 14.9 Å². The lowest BCUT2D eigenvalue weighted by molar-refractivity contribution is 0.863. The average Bonchev–Trinajstić information content (AvgIpc) is 3.15. The molecule has 3 rings (SSSR count). The van der Waals surface area contributed by atoms with Gasteiger partial charge in [-0.3, -0.25) is 0 Å². The number of H-pyrrole nitrogens is 1. The molecule has 1 aromatic heterocycles. The van der Waals surface area contributed by atoms with Crippen LogP contribution in [0.3, 0.4) is 0 Å². The Morgan fingerprint density at radius 1 is 0.867 bits per heavy atom. The first-order chi connectivity index (χ1) is 14.6. The van der Waals surface area contributed by atoms with E-state index in [2.05, 4.69) is 101 Å². The number of hydrogen-bond donors (Lipinski definition) is 1. The predicted molar refractivity (Wildman–Crippen MR) is 129 cm³/mol. The van der Waals surface area contributed by atoms with Crippen LogP contribution in [0.4, 0.5) is 11.4 Å². The second-order valence-electron chi connectivity index (χ2n) is 6.89. The summed E-state index contributed by atoms with van der Waals surface area (Å²) in [7, 11) is 0. The van der Waals surface area contributed by atoms with E-state index in [1.165, 1.54) is 11.4 Å². The number of hydrogen-bond acceptors (Lipinski definition) is 5. The van der Waals surface area contributed by atoms with Crippen molar-refractivity contribution in [2.45, 2.75) is 27.7 Å². The Morgan fingerprint density at radius 2 is 1.37 bits per heavy atom. The highest BCUT2D eigenvalue weighted by Gasteiger charge is 2.09. The van der Waals surface area contributed by atoms with Crippen molar-refractivity contribution in [1.82, 2.24) is 14.9 Å². The molecular weight excluding hydrogens is 392 g/mol. The van der Waals surface area contributed by atoms with Gasteiger partial charge in [0.15, 0.2) is 5.82 Å². The maximum absolute atomic E-state index is 5.40. The first-order valence-electron chi connectivity index (χ1n) is 10.5. The SMILES string of the molecule is CCN(CC)c1ccc(C=Nn2c(-c3ccc(N(CC)CC)cc3)n[nH]c2=S)cc1. The molecule has 0 amide bonds. The highest BCUT2D eigenvalue weighted by atomic mass is 32.1. The van der Waals surface area contributed by atoms with Crippen molar-refractivity contribution in [1.29, 1.82) is 0 Å². The van der Waals surface area contributed by atoms with Crippen LogP contribution in [0.1, 0.15) is 33.3 Å². The minimum atomic E-state index is 0.467. The lowest BCUT2D eigenvalue weighted by Crippen LogP contribution is -2.21. The molecule has 6 nitrogen and oxygen atoms in total. The van der Waals surface area contributed by atoms with Gasteiger partial charge in [0.25, 0.3) is 0 Å². The Bertz CT molecular complexity index is 1010. The Hall–Kier alpha value is -2.93.